The Hall–Kier alpha value is -1.42. The molecule has 0 heterocycles. The van der Waals surface area contributed by atoms with Gasteiger partial charge < -0.3 is 5.11 Å². The molecule has 0 radical (unpaired) electrons. The van der Waals surface area contributed by atoms with Crippen molar-refractivity contribution in [1.29, 1.82) is 0 Å². The highest BCUT2D eigenvalue weighted by Gasteiger charge is 2.20. The van der Waals surface area contributed by atoms with Crippen molar-refractivity contribution in [3.63, 3.8) is 0 Å². The molecular formula is C11H10ClFO3. The number of Topliss-reactive ketones (excluding diaryl/α,β-unsaturated/α-hetero) is 1. The van der Waals surface area contributed by atoms with E-state index in [0.717, 1.165) is 12.1 Å². The molecule has 0 spiro atoms. The normalized spacial score (nSPS) is 12.2. The molecule has 1 unspecified atom stereocenters. The molecule has 5 heteroatoms. The summed E-state index contributed by atoms with van der Waals surface area (Å²) in [6.45, 7) is 1.50. The highest BCUT2D eigenvalue weighted by molar-refractivity contribution is 6.34. The summed E-state index contributed by atoms with van der Waals surface area (Å²) < 4.78 is 12.7. The first-order valence-electron chi connectivity index (χ1n) is 4.63. The summed E-state index contributed by atoms with van der Waals surface area (Å²) in [5.74, 6) is -2.67. The van der Waals surface area contributed by atoms with E-state index in [0.29, 0.717) is 0 Å². The van der Waals surface area contributed by atoms with Crippen molar-refractivity contribution in [3.05, 3.63) is 34.6 Å². The van der Waals surface area contributed by atoms with Crippen LogP contribution in [-0.4, -0.2) is 16.9 Å². The predicted molar refractivity (Wildman–Crippen MR) is 57.2 cm³/mol. The van der Waals surface area contributed by atoms with Gasteiger partial charge in [0.15, 0.2) is 5.78 Å². The third-order valence-corrected chi connectivity index (χ3v) is 2.44. The molecule has 1 aromatic rings. The molecule has 0 aliphatic carbocycles. The Balaban J connectivity index is 2.92. The average Bonchev–Trinajstić information content (AvgIpc) is 2.15. The quantitative estimate of drug-likeness (QED) is 0.829. The third kappa shape index (κ3) is 3.03. The first kappa shape index (κ1) is 12.6. The summed E-state index contributed by atoms with van der Waals surface area (Å²) in [6.07, 6.45) is -0.271. The Morgan fingerprint density at radius 2 is 2.12 bits per heavy atom. The van der Waals surface area contributed by atoms with Crippen LogP contribution in [0.2, 0.25) is 5.02 Å². The van der Waals surface area contributed by atoms with Crippen molar-refractivity contribution in [2.75, 3.05) is 0 Å². The molecule has 16 heavy (non-hydrogen) atoms. The smallest absolute Gasteiger partial charge is 0.304 e. The van der Waals surface area contributed by atoms with E-state index in [1.807, 2.05) is 0 Å². The van der Waals surface area contributed by atoms with E-state index < -0.39 is 23.5 Å². The van der Waals surface area contributed by atoms with Crippen LogP contribution >= 0.6 is 11.6 Å². The second kappa shape index (κ2) is 5.07. The Morgan fingerprint density at radius 1 is 1.50 bits per heavy atom. The maximum Gasteiger partial charge on any atom is 0.304 e. The number of halogens is 2. The lowest BCUT2D eigenvalue weighted by Crippen LogP contribution is -2.15. The van der Waals surface area contributed by atoms with Gasteiger partial charge in [0, 0.05) is 11.5 Å². The zero-order valence-corrected chi connectivity index (χ0v) is 9.29. The lowest BCUT2D eigenvalue weighted by atomic mass is 9.96. The number of carboxylic acid groups (broad SMARTS) is 1. The van der Waals surface area contributed by atoms with Gasteiger partial charge in [0.25, 0.3) is 0 Å². The second-order valence-corrected chi connectivity index (χ2v) is 3.89. The highest BCUT2D eigenvalue weighted by Crippen LogP contribution is 2.21. The van der Waals surface area contributed by atoms with Gasteiger partial charge in [0.2, 0.25) is 0 Å². The predicted octanol–water partition coefficient (Wildman–Crippen LogP) is 2.77. The zero-order chi connectivity index (χ0) is 12.3. The van der Waals surface area contributed by atoms with Crippen LogP contribution in [0, 0.1) is 11.7 Å². The molecular weight excluding hydrogens is 235 g/mol. The number of benzene rings is 1. The minimum Gasteiger partial charge on any atom is -0.481 e. The van der Waals surface area contributed by atoms with Gasteiger partial charge in [-0.25, -0.2) is 4.39 Å². The average molecular weight is 245 g/mol. The van der Waals surface area contributed by atoms with Crippen LogP contribution in [0.15, 0.2) is 18.2 Å². The third-order valence-electron chi connectivity index (χ3n) is 2.12. The summed E-state index contributed by atoms with van der Waals surface area (Å²) >= 11 is 5.70. The highest BCUT2D eigenvalue weighted by atomic mass is 35.5. The van der Waals surface area contributed by atoms with Gasteiger partial charge in [-0.15, -0.1) is 0 Å². The second-order valence-electron chi connectivity index (χ2n) is 3.49. The van der Waals surface area contributed by atoms with Crippen LogP contribution in [-0.2, 0) is 4.79 Å². The number of carbonyl (C=O) groups is 2. The topological polar surface area (TPSA) is 54.4 Å². The van der Waals surface area contributed by atoms with E-state index in [2.05, 4.69) is 0 Å². The van der Waals surface area contributed by atoms with E-state index >= 15 is 0 Å². The molecule has 0 aliphatic heterocycles. The molecule has 0 fully saturated rings. The van der Waals surface area contributed by atoms with E-state index in [-0.39, 0.29) is 17.0 Å². The minimum absolute atomic E-state index is 0.00207. The van der Waals surface area contributed by atoms with E-state index in [1.54, 1.807) is 0 Å². The van der Waals surface area contributed by atoms with Crippen molar-refractivity contribution in [2.45, 2.75) is 13.3 Å². The lowest BCUT2D eigenvalue weighted by molar-refractivity contribution is -0.137. The molecule has 1 atom stereocenters. The largest absolute Gasteiger partial charge is 0.481 e. The Bertz CT molecular complexity index is 431. The van der Waals surface area contributed by atoms with Gasteiger partial charge in [-0.05, 0) is 18.2 Å². The van der Waals surface area contributed by atoms with Crippen LogP contribution in [0.25, 0.3) is 0 Å². The number of carbonyl (C=O) groups excluding carboxylic acids is 1. The maximum absolute atomic E-state index is 12.7. The zero-order valence-electron chi connectivity index (χ0n) is 8.54. The lowest BCUT2D eigenvalue weighted by Gasteiger charge is -2.09. The van der Waals surface area contributed by atoms with Crippen molar-refractivity contribution in [2.24, 2.45) is 5.92 Å². The summed E-state index contributed by atoms with van der Waals surface area (Å²) in [6, 6.07) is 3.41. The fourth-order valence-electron chi connectivity index (χ4n) is 1.31. The minimum atomic E-state index is -1.06. The Labute approximate surface area is 96.8 Å². The summed E-state index contributed by atoms with van der Waals surface area (Å²) in [7, 11) is 0. The maximum atomic E-state index is 12.7. The molecule has 1 N–H and O–H groups in total. The molecule has 1 aromatic carbocycles. The van der Waals surface area contributed by atoms with Crippen LogP contribution in [0.3, 0.4) is 0 Å². The van der Waals surface area contributed by atoms with Crippen LogP contribution < -0.4 is 0 Å². The number of hydrogen-bond acceptors (Lipinski definition) is 2. The standard InChI is InChI=1S/C11H10ClFO3/c1-6(4-10(14)15)11(16)8-3-2-7(13)5-9(8)12/h2-3,5-6H,4H2,1H3,(H,14,15). The Morgan fingerprint density at radius 3 is 2.62 bits per heavy atom. The molecule has 1 rings (SSSR count). The Kier molecular flexibility index (Phi) is 4.01. The number of carboxylic acids is 1. The number of aliphatic carboxylic acids is 1. The van der Waals surface area contributed by atoms with Crippen molar-refractivity contribution in [1.82, 2.24) is 0 Å². The number of rotatable bonds is 4. The van der Waals surface area contributed by atoms with E-state index in [1.165, 1.54) is 13.0 Å². The monoisotopic (exact) mass is 244 g/mol. The molecule has 0 amide bonds. The van der Waals surface area contributed by atoms with Gasteiger partial charge >= 0.3 is 5.97 Å². The molecule has 0 bridgehead atoms. The van der Waals surface area contributed by atoms with Crippen molar-refractivity contribution >= 4 is 23.4 Å². The molecule has 0 saturated carbocycles. The van der Waals surface area contributed by atoms with Crippen LogP contribution in [0.1, 0.15) is 23.7 Å². The fraction of sp³-hybridized carbons (Fsp3) is 0.273. The summed E-state index contributed by atoms with van der Waals surface area (Å²) in [5, 5.41) is 8.55. The van der Waals surface area contributed by atoms with Crippen molar-refractivity contribution < 1.29 is 19.1 Å². The molecule has 0 aromatic heterocycles. The summed E-state index contributed by atoms with van der Waals surface area (Å²) in [4.78, 5) is 22.2. The van der Waals surface area contributed by atoms with Crippen LogP contribution in [0.4, 0.5) is 4.39 Å². The fourth-order valence-corrected chi connectivity index (χ4v) is 1.57. The first-order chi connectivity index (χ1) is 7.41. The van der Waals surface area contributed by atoms with Crippen LogP contribution in [0.5, 0.6) is 0 Å². The first-order valence-corrected chi connectivity index (χ1v) is 5.00. The molecule has 86 valence electrons. The molecule has 3 nitrogen and oxygen atoms in total. The van der Waals surface area contributed by atoms with Gasteiger partial charge in [0.1, 0.15) is 5.82 Å². The number of ketones is 1. The number of hydrogen-bond donors (Lipinski definition) is 1. The van der Waals surface area contributed by atoms with Gasteiger partial charge in [-0.1, -0.05) is 18.5 Å². The summed E-state index contributed by atoms with van der Waals surface area (Å²) in [5.41, 5.74) is 0.150. The van der Waals surface area contributed by atoms with Crippen molar-refractivity contribution in [3.8, 4) is 0 Å². The SMILES string of the molecule is CC(CC(=O)O)C(=O)c1ccc(F)cc1Cl. The van der Waals surface area contributed by atoms with Gasteiger partial charge in [0.05, 0.1) is 11.4 Å². The van der Waals surface area contributed by atoms with E-state index in [9.17, 15) is 14.0 Å². The molecule has 0 saturated heterocycles. The molecule has 0 aliphatic rings. The van der Waals surface area contributed by atoms with Gasteiger partial charge in [-0.2, -0.15) is 0 Å². The van der Waals surface area contributed by atoms with Gasteiger partial charge in [-0.3, -0.25) is 9.59 Å². The van der Waals surface area contributed by atoms with E-state index in [4.69, 9.17) is 16.7 Å².